The van der Waals surface area contributed by atoms with Gasteiger partial charge in [0, 0.05) is 14.1 Å². The molecule has 0 radical (unpaired) electrons. The Morgan fingerprint density at radius 2 is 1.77 bits per heavy atom. The monoisotopic (exact) mass is 462 g/mol. The molecule has 0 aliphatic carbocycles. The number of amides is 1. The number of nitrogens with zero attached hydrogens (tertiary/aromatic N) is 2. The maximum Gasteiger partial charge on any atom is 0.341 e. The summed E-state index contributed by atoms with van der Waals surface area (Å²) in [6.45, 7) is 5.83. The first-order valence-electron chi connectivity index (χ1n) is 9.01. The molecule has 2 heterocycles. The quantitative estimate of drug-likeness (QED) is 0.434. The number of methoxy groups -OCH3 is 1. The van der Waals surface area contributed by atoms with Crippen molar-refractivity contribution < 1.29 is 14.3 Å². The van der Waals surface area contributed by atoms with Gasteiger partial charge in [-0.05, 0) is 61.8 Å². The topological polar surface area (TPSA) is 83.6 Å². The van der Waals surface area contributed by atoms with Gasteiger partial charge in [-0.3, -0.25) is 4.79 Å². The molecule has 0 spiro atoms. The predicted molar refractivity (Wildman–Crippen MR) is 127 cm³/mol. The van der Waals surface area contributed by atoms with Crippen LogP contribution in [0.25, 0.3) is 10.2 Å². The van der Waals surface area contributed by atoms with Crippen molar-refractivity contribution in [2.45, 2.75) is 20.8 Å². The van der Waals surface area contributed by atoms with Gasteiger partial charge in [0.2, 0.25) is 0 Å². The lowest BCUT2D eigenvalue weighted by Crippen LogP contribution is -2.21. The number of rotatable bonds is 4. The third-order valence-corrected chi connectivity index (χ3v) is 6.92. The molecule has 10 heteroatoms. The first-order valence-corrected chi connectivity index (χ1v) is 11.1. The van der Waals surface area contributed by atoms with Crippen LogP contribution >= 0.6 is 34.9 Å². The summed E-state index contributed by atoms with van der Waals surface area (Å²) in [5, 5.41) is 7.47. The fourth-order valence-corrected chi connectivity index (χ4v) is 5.32. The van der Waals surface area contributed by atoms with Crippen molar-refractivity contribution >= 4 is 72.2 Å². The second kappa shape index (κ2) is 8.66. The minimum absolute atomic E-state index is 0.188. The van der Waals surface area contributed by atoms with E-state index in [4.69, 9.17) is 17.0 Å². The first-order chi connectivity index (χ1) is 14.1. The third kappa shape index (κ3) is 4.30. The molecule has 0 aliphatic rings. The van der Waals surface area contributed by atoms with Gasteiger partial charge >= 0.3 is 5.97 Å². The largest absolute Gasteiger partial charge is 0.465 e. The number of hydrogen-bond donors (Lipinski definition) is 2. The molecular formula is C20H22N4O3S3. The van der Waals surface area contributed by atoms with E-state index in [1.807, 2.05) is 13.0 Å². The molecule has 1 amide bonds. The highest BCUT2D eigenvalue weighted by molar-refractivity contribution is 7.80. The summed E-state index contributed by atoms with van der Waals surface area (Å²) in [6, 6.07) is 4.14. The zero-order valence-electron chi connectivity index (χ0n) is 17.5. The molecule has 0 atom stereocenters. The lowest BCUT2D eigenvalue weighted by Gasteiger charge is -2.08. The second-order valence-corrected chi connectivity index (χ2v) is 9.41. The summed E-state index contributed by atoms with van der Waals surface area (Å²) in [6.07, 6.45) is 0. The number of carbonyl (C=O) groups is 2. The maximum absolute atomic E-state index is 12.5. The number of aromatic nitrogens is 1. The molecule has 2 aromatic heterocycles. The Labute approximate surface area is 188 Å². The SMILES string of the molecule is COC(=O)c1c(NC(=S)Nc2nc3cc(C)c(C)cc3s2)sc(C(=O)N(C)C)c1C. The van der Waals surface area contributed by atoms with Gasteiger partial charge in [-0.25, -0.2) is 9.78 Å². The van der Waals surface area contributed by atoms with Crippen molar-refractivity contribution in [3.8, 4) is 0 Å². The van der Waals surface area contributed by atoms with E-state index in [1.165, 1.54) is 45.8 Å². The Morgan fingerprint density at radius 1 is 1.10 bits per heavy atom. The average Bonchev–Trinajstić information content (AvgIpc) is 3.20. The Bertz CT molecular complexity index is 1120. The summed E-state index contributed by atoms with van der Waals surface area (Å²) in [7, 11) is 4.63. The summed E-state index contributed by atoms with van der Waals surface area (Å²) in [5.74, 6) is -0.718. The van der Waals surface area contributed by atoms with Crippen LogP contribution in [0.4, 0.5) is 10.1 Å². The highest BCUT2D eigenvalue weighted by atomic mass is 32.1. The molecule has 0 aliphatic heterocycles. The number of thiocarbonyl (C=S) groups is 1. The Hall–Kier alpha value is -2.56. The van der Waals surface area contributed by atoms with E-state index >= 15 is 0 Å². The van der Waals surface area contributed by atoms with Gasteiger partial charge in [-0.1, -0.05) is 11.3 Å². The minimum atomic E-state index is -0.530. The van der Waals surface area contributed by atoms with E-state index in [1.54, 1.807) is 21.0 Å². The molecule has 0 saturated carbocycles. The number of anilines is 2. The number of nitrogens with one attached hydrogen (secondary N) is 2. The molecule has 0 fully saturated rings. The van der Waals surface area contributed by atoms with Gasteiger partial charge in [0.15, 0.2) is 10.2 Å². The maximum atomic E-state index is 12.5. The fraction of sp³-hybridized carbons (Fsp3) is 0.300. The Kier molecular flexibility index (Phi) is 6.39. The van der Waals surface area contributed by atoms with Crippen LogP contribution in [0, 0.1) is 20.8 Å². The molecule has 0 saturated heterocycles. The van der Waals surface area contributed by atoms with Crippen LogP contribution in [0.5, 0.6) is 0 Å². The molecule has 3 aromatic rings. The molecule has 0 bridgehead atoms. The van der Waals surface area contributed by atoms with Crippen LogP contribution < -0.4 is 10.6 Å². The molecule has 30 heavy (non-hydrogen) atoms. The van der Waals surface area contributed by atoms with Gasteiger partial charge in [0.05, 0.1) is 27.8 Å². The number of benzene rings is 1. The van der Waals surface area contributed by atoms with Crippen molar-refractivity contribution in [3.63, 3.8) is 0 Å². The van der Waals surface area contributed by atoms with E-state index in [2.05, 4.69) is 28.6 Å². The van der Waals surface area contributed by atoms with Gasteiger partial charge < -0.3 is 20.3 Å². The zero-order chi connectivity index (χ0) is 22.2. The molecule has 158 valence electrons. The number of fused-ring (bicyclic) bond motifs is 1. The van der Waals surface area contributed by atoms with E-state index in [-0.39, 0.29) is 11.0 Å². The van der Waals surface area contributed by atoms with Crippen LogP contribution in [-0.4, -0.2) is 48.1 Å². The standard InChI is InChI=1S/C20H22N4O3S3/c1-9-7-12-13(8-10(9)2)29-20(21-12)23-19(28)22-16-14(18(26)27-6)11(3)15(30-16)17(25)24(4)5/h7-8H,1-6H3,(H2,21,22,23,28). The lowest BCUT2D eigenvalue weighted by atomic mass is 10.1. The van der Waals surface area contributed by atoms with Crippen LogP contribution in [-0.2, 0) is 4.74 Å². The van der Waals surface area contributed by atoms with Gasteiger partial charge in [-0.2, -0.15) is 0 Å². The van der Waals surface area contributed by atoms with E-state index in [0.717, 1.165) is 10.2 Å². The number of thiophene rings is 1. The Morgan fingerprint density at radius 3 is 2.40 bits per heavy atom. The lowest BCUT2D eigenvalue weighted by molar-refractivity contribution is 0.0601. The molecule has 7 nitrogen and oxygen atoms in total. The number of thiazole rings is 1. The van der Waals surface area contributed by atoms with Crippen molar-refractivity contribution in [2.24, 2.45) is 0 Å². The van der Waals surface area contributed by atoms with E-state index in [9.17, 15) is 9.59 Å². The normalized spacial score (nSPS) is 10.7. The van der Waals surface area contributed by atoms with Crippen molar-refractivity contribution in [3.05, 3.63) is 39.3 Å². The number of esters is 1. The minimum Gasteiger partial charge on any atom is -0.465 e. The molecule has 0 unspecified atom stereocenters. The highest BCUT2D eigenvalue weighted by Gasteiger charge is 2.26. The summed E-state index contributed by atoms with van der Waals surface area (Å²) in [4.78, 5) is 31.3. The fourth-order valence-electron chi connectivity index (χ4n) is 2.82. The van der Waals surface area contributed by atoms with Crippen LogP contribution in [0.15, 0.2) is 12.1 Å². The smallest absolute Gasteiger partial charge is 0.341 e. The van der Waals surface area contributed by atoms with E-state index < -0.39 is 5.97 Å². The summed E-state index contributed by atoms with van der Waals surface area (Å²) < 4.78 is 5.96. The third-order valence-electron chi connectivity index (χ3n) is 4.59. The number of carbonyl (C=O) groups excluding carboxylic acids is 2. The average molecular weight is 463 g/mol. The molecule has 2 N–H and O–H groups in total. The van der Waals surface area contributed by atoms with Crippen molar-refractivity contribution in [1.29, 1.82) is 0 Å². The number of ether oxygens (including phenoxy) is 1. The van der Waals surface area contributed by atoms with Gasteiger partial charge in [0.25, 0.3) is 5.91 Å². The second-order valence-electron chi connectivity index (χ2n) is 6.95. The van der Waals surface area contributed by atoms with E-state index in [0.29, 0.717) is 26.1 Å². The van der Waals surface area contributed by atoms with Crippen molar-refractivity contribution in [1.82, 2.24) is 9.88 Å². The molecular weight excluding hydrogens is 440 g/mol. The number of aryl methyl sites for hydroxylation is 2. The van der Waals surface area contributed by atoms with Crippen molar-refractivity contribution in [2.75, 3.05) is 31.8 Å². The van der Waals surface area contributed by atoms with Crippen LogP contribution in [0.2, 0.25) is 0 Å². The zero-order valence-corrected chi connectivity index (χ0v) is 19.9. The van der Waals surface area contributed by atoms with Crippen LogP contribution in [0.3, 0.4) is 0 Å². The molecule has 1 aromatic carbocycles. The van der Waals surface area contributed by atoms with Gasteiger partial charge in [0.1, 0.15) is 5.00 Å². The molecule has 3 rings (SSSR count). The first kappa shape index (κ1) is 22.1. The summed E-state index contributed by atoms with van der Waals surface area (Å²) >= 11 is 8.09. The Balaban J connectivity index is 1.88. The van der Waals surface area contributed by atoms with Gasteiger partial charge in [-0.15, -0.1) is 11.3 Å². The predicted octanol–water partition coefficient (Wildman–Crippen LogP) is 4.58. The number of hydrogen-bond acceptors (Lipinski definition) is 7. The highest BCUT2D eigenvalue weighted by Crippen LogP contribution is 2.35. The summed E-state index contributed by atoms with van der Waals surface area (Å²) in [5.41, 5.74) is 4.13. The van der Waals surface area contributed by atoms with Crippen LogP contribution in [0.1, 0.15) is 36.7 Å².